The lowest BCUT2D eigenvalue weighted by Crippen LogP contribution is -2.35. The Labute approximate surface area is 195 Å². The van der Waals surface area contributed by atoms with Crippen LogP contribution in [0.1, 0.15) is 22.5 Å². The number of carbonyl (C=O) groups is 1. The standard InChI is InChI=1S/C23H24N4O5S/c1-16-15-33-23(24-16)26-11-3-10-25(12-13-26)22(28)20-14-17(27(29)30)4-9-21(20)32-19-7-5-18(31-2)6-8-19/h4-9,14-15H,3,10-13H2,1-2H3. The summed E-state index contributed by atoms with van der Waals surface area (Å²) < 4.78 is 11.1. The maximum atomic E-state index is 13.5. The van der Waals surface area contributed by atoms with Crippen LogP contribution < -0.4 is 14.4 Å². The second-order valence-corrected chi connectivity index (χ2v) is 8.46. The van der Waals surface area contributed by atoms with Gasteiger partial charge in [-0.3, -0.25) is 14.9 Å². The number of nitrogens with zero attached hydrogens (tertiary/aromatic N) is 4. The molecule has 1 fully saturated rings. The summed E-state index contributed by atoms with van der Waals surface area (Å²) in [6.07, 6.45) is 0.772. The number of rotatable bonds is 6. The Kier molecular flexibility index (Phi) is 6.74. The maximum Gasteiger partial charge on any atom is 0.270 e. The van der Waals surface area contributed by atoms with Crippen molar-refractivity contribution in [2.24, 2.45) is 0 Å². The van der Waals surface area contributed by atoms with Crippen LogP contribution in [0.3, 0.4) is 0 Å². The Morgan fingerprint density at radius 2 is 1.85 bits per heavy atom. The van der Waals surface area contributed by atoms with Crippen molar-refractivity contribution < 1.29 is 19.2 Å². The summed E-state index contributed by atoms with van der Waals surface area (Å²) in [6, 6.07) is 11.0. The molecule has 1 amide bonds. The predicted octanol–water partition coefficient (Wildman–Crippen LogP) is 4.51. The van der Waals surface area contributed by atoms with E-state index in [1.54, 1.807) is 47.6 Å². The fraction of sp³-hybridized carbons (Fsp3) is 0.304. The lowest BCUT2D eigenvalue weighted by atomic mass is 10.1. The maximum absolute atomic E-state index is 13.5. The van der Waals surface area contributed by atoms with Crippen molar-refractivity contribution in [1.29, 1.82) is 0 Å². The Morgan fingerprint density at radius 3 is 2.52 bits per heavy atom. The normalized spacial score (nSPS) is 14.0. The summed E-state index contributed by atoms with van der Waals surface area (Å²) in [5.74, 6) is 1.15. The number of aromatic nitrogens is 1. The molecule has 0 N–H and O–H groups in total. The van der Waals surface area contributed by atoms with Gasteiger partial charge in [-0.15, -0.1) is 11.3 Å². The molecular formula is C23H24N4O5S. The number of methoxy groups -OCH3 is 1. The summed E-state index contributed by atoms with van der Waals surface area (Å²) in [4.78, 5) is 32.8. The first kappa shape index (κ1) is 22.5. The zero-order valence-corrected chi connectivity index (χ0v) is 19.2. The van der Waals surface area contributed by atoms with Gasteiger partial charge in [-0.05, 0) is 43.7 Å². The highest BCUT2D eigenvalue weighted by atomic mass is 32.1. The first-order valence-electron chi connectivity index (χ1n) is 10.5. The van der Waals surface area contributed by atoms with E-state index < -0.39 is 4.92 Å². The third-order valence-corrected chi connectivity index (χ3v) is 6.37. The van der Waals surface area contributed by atoms with Gasteiger partial charge in [0.15, 0.2) is 5.13 Å². The van der Waals surface area contributed by atoms with E-state index in [0.29, 0.717) is 31.1 Å². The van der Waals surface area contributed by atoms with Crippen LogP contribution in [0, 0.1) is 17.0 Å². The van der Waals surface area contributed by atoms with Crippen LogP contribution in [0.2, 0.25) is 0 Å². The Morgan fingerprint density at radius 1 is 1.09 bits per heavy atom. The van der Waals surface area contributed by atoms with E-state index >= 15 is 0 Å². The van der Waals surface area contributed by atoms with Crippen molar-refractivity contribution >= 4 is 28.1 Å². The van der Waals surface area contributed by atoms with Crippen LogP contribution in [-0.4, -0.2) is 54.0 Å². The molecule has 1 saturated heterocycles. The van der Waals surface area contributed by atoms with Crippen LogP contribution in [0.25, 0.3) is 0 Å². The van der Waals surface area contributed by atoms with Crippen molar-refractivity contribution in [1.82, 2.24) is 9.88 Å². The van der Waals surface area contributed by atoms with Gasteiger partial charge in [-0.1, -0.05) is 0 Å². The summed E-state index contributed by atoms with van der Waals surface area (Å²) >= 11 is 1.59. The predicted molar refractivity (Wildman–Crippen MR) is 126 cm³/mol. The number of ether oxygens (including phenoxy) is 2. The number of amides is 1. The minimum absolute atomic E-state index is 0.157. The molecule has 9 nitrogen and oxygen atoms in total. The quantitative estimate of drug-likeness (QED) is 0.388. The molecule has 2 aromatic carbocycles. The molecule has 33 heavy (non-hydrogen) atoms. The molecule has 1 aliphatic heterocycles. The fourth-order valence-corrected chi connectivity index (χ4v) is 4.48. The molecule has 4 rings (SSSR count). The number of anilines is 1. The molecule has 3 aromatic rings. The molecule has 1 aliphatic rings. The number of carbonyl (C=O) groups excluding carboxylic acids is 1. The first-order chi connectivity index (χ1) is 15.9. The summed E-state index contributed by atoms with van der Waals surface area (Å²) in [5, 5.41) is 14.3. The third kappa shape index (κ3) is 5.23. The van der Waals surface area contributed by atoms with Gasteiger partial charge in [0, 0.05) is 43.7 Å². The number of nitro benzene ring substituents is 1. The highest BCUT2D eigenvalue weighted by Gasteiger charge is 2.26. The summed E-state index contributed by atoms with van der Waals surface area (Å²) in [7, 11) is 1.57. The second-order valence-electron chi connectivity index (χ2n) is 7.62. The van der Waals surface area contributed by atoms with E-state index in [-0.39, 0.29) is 22.9 Å². The molecule has 0 atom stereocenters. The lowest BCUT2D eigenvalue weighted by Gasteiger charge is -2.22. The first-order valence-corrected chi connectivity index (χ1v) is 11.4. The van der Waals surface area contributed by atoms with Gasteiger partial charge >= 0.3 is 0 Å². The molecule has 0 bridgehead atoms. The van der Waals surface area contributed by atoms with E-state index in [9.17, 15) is 14.9 Å². The molecule has 2 heterocycles. The number of aryl methyl sites for hydroxylation is 1. The van der Waals surface area contributed by atoms with Crippen LogP contribution in [0.4, 0.5) is 10.8 Å². The minimum atomic E-state index is -0.511. The van der Waals surface area contributed by atoms with E-state index in [0.717, 1.165) is 23.8 Å². The van der Waals surface area contributed by atoms with Gasteiger partial charge in [-0.2, -0.15) is 0 Å². The van der Waals surface area contributed by atoms with Gasteiger partial charge < -0.3 is 19.3 Å². The van der Waals surface area contributed by atoms with Crippen LogP contribution in [-0.2, 0) is 0 Å². The molecular weight excluding hydrogens is 444 g/mol. The van der Waals surface area contributed by atoms with Crippen molar-refractivity contribution in [3.05, 3.63) is 69.2 Å². The number of hydrogen-bond donors (Lipinski definition) is 0. The molecule has 0 aliphatic carbocycles. The minimum Gasteiger partial charge on any atom is -0.497 e. The van der Waals surface area contributed by atoms with E-state index in [1.165, 1.54) is 18.2 Å². The molecule has 0 radical (unpaired) electrons. The third-order valence-electron chi connectivity index (χ3n) is 5.35. The average Bonchev–Trinajstić information content (AvgIpc) is 3.11. The van der Waals surface area contributed by atoms with Crippen molar-refractivity contribution in [2.45, 2.75) is 13.3 Å². The summed E-state index contributed by atoms with van der Waals surface area (Å²) in [5.41, 5.74) is 0.984. The van der Waals surface area contributed by atoms with Gasteiger partial charge in [0.1, 0.15) is 17.2 Å². The molecule has 0 saturated carbocycles. The largest absolute Gasteiger partial charge is 0.497 e. The van der Waals surface area contributed by atoms with Gasteiger partial charge in [0.2, 0.25) is 0 Å². The topological polar surface area (TPSA) is 98.0 Å². The molecule has 10 heteroatoms. The number of non-ortho nitro benzene ring substituents is 1. The zero-order valence-electron chi connectivity index (χ0n) is 18.4. The Hall–Kier alpha value is -3.66. The highest BCUT2D eigenvalue weighted by Crippen LogP contribution is 2.31. The Bertz CT molecular complexity index is 1150. The van der Waals surface area contributed by atoms with E-state index in [1.807, 2.05) is 12.3 Å². The molecule has 0 spiro atoms. The van der Waals surface area contributed by atoms with E-state index in [4.69, 9.17) is 9.47 Å². The number of thiazole rings is 1. The van der Waals surface area contributed by atoms with Crippen LogP contribution >= 0.6 is 11.3 Å². The van der Waals surface area contributed by atoms with Crippen molar-refractivity contribution in [3.8, 4) is 17.2 Å². The number of benzene rings is 2. The van der Waals surface area contributed by atoms with Gasteiger partial charge in [0.05, 0.1) is 23.3 Å². The van der Waals surface area contributed by atoms with Crippen molar-refractivity contribution in [2.75, 3.05) is 38.2 Å². The number of hydrogen-bond acceptors (Lipinski definition) is 8. The van der Waals surface area contributed by atoms with Gasteiger partial charge in [0.25, 0.3) is 11.6 Å². The molecule has 0 unspecified atom stereocenters. The SMILES string of the molecule is COc1ccc(Oc2ccc([N+](=O)[O-])cc2C(=O)N2CCCN(c3nc(C)cs3)CC2)cc1. The fourth-order valence-electron chi connectivity index (χ4n) is 3.63. The van der Waals surface area contributed by atoms with Crippen LogP contribution in [0.15, 0.2) is 47.8 Å². The number of nitro groups is 1. The Balaban J connectivity index is 1.56. The highest BCUT2D eigenvalue weighted by molar-refractivity contribution is 7.13. The van der Waals surface area contributed by atoms with Crippen LogP contribution in [0.5, 0.6) is 17.2 Å². The van der Waals surface area contributed by atoms with Crippen molar-refractivity contribution in [3.63, 3.8) is 0 Å². The second kappa shape index (κ2) is 9.86. The smallest absolute Gasteiger partial charge is 0.270 e. The van der Waals surface area contributed by atoms with Gasteiger partial charge in [-0.25, -0.2) is 4.98 Å². The molecule has 1 aromatic heterocycles. The molecule has 172 valence electrons. The monoisotopic (exact) mass is 468 g/mol. The zero-order chi connectivity index (χ0) is 23.4. The lowest BCUT2D eigenvalue weighted by molar-refractivity contribution is -0.384. The summed E-state index contributed by atoms with van der Waals surface area (Å²) in [6.45, 7) is 4.43. The average molecular weight is 469 g/mol. The van der Waals surface area contributed by atoms with E-state index in [2.05, 4.69) is 9.88 Å².